The quantitative estimate of drug-likeness (QED) is 0.334. The van der Waals surface area contributed by atoms with Crippen LogP contribution in [-0.4, -0.2) is 69.2 Å². The van der Waals surface area contributed by atoms with Crippen molar-refractivity contribution in [3.8, 4) is 11.5 Å². The molecule has 1 aliphatic heterocycles. The maximum Gasteiger partial charge on any atom is 0.198 e. The summed E-state index contributed by atoms with van der Waals surface area (Å²) in [4.78, 5) is 26.8. The third-order valence-corrected chi connectivity index (χ3v) is 7.44. The van der Waals surface area contributed by atoms with E-state index in [-0.39, 0.29) is 46.2 Å². The average Bonchev–Trinajstić information content (AvgIpc) is 2.82. The van der Waals surface area contributed by atoms with Gasteiger partial charge in [-0.15, -0.1) is 0 Å². The third-order valence-electron chi connectivity index (χ3n) is 7.44. The molecule has 1 saturated heterocycles. The standard InChI is InChI=1S/C26H29NO9/c1-10-20(28)13(27)8-15(35-10)36-14-9-26(2,33)25(34-3)19-16(14)23(31)17-18(24(19)32)22(30)12-7-5-4-6-11(12)21(17)29/h4-7,10,13-15,20,25,28,31-33H,8-9,27H2,1-3H3/t10-,13-,14-,15?,20+,25+,26+/m0/s1. The van der Waals surface area contributed by atoms with Gasteiger partial charge in [0.25, 0.3) is 0 Å². The van der Waals surface area contributed by atoms with Crippen LogP contribution in [0.4, 0.5) is 0 Å². The normalized spacial score (nSPS) is 33.6. The number of aliphatic hydroxyl groups is 2. The van der Waals surface area contributed by atoms with Crippen molar-refractivity contribution in [2.24, 2.45) is 5.73 Å². The Balaban J connectivity index is 1.69. The highest BCUT2D eigenvalue weighted by molar-refractivity contribution is 6.30. The fraction of sp³-hybridized carbons (Fsp3) is 0.462. The maximum atomic E-state index is 13.4. The molecule has 7 atom stereocenters. The van der Waals surface area contributed by atoms with Gasteiger partial charge in [-0.1, -0.05) is 24.3 Å². The van der Waals surface area contributed by atoms with Crippen LogP contribution in [-0.2, 0) is 14.2 Å². The molecule has 0 amide bonds. The Bertz CT molecular complexity index is 1240. The molecule has 1 heterocycles. The number of fused-ring (bicyclic) bond motifs is 3. The number of phenolic OH excluding ortho intramolecular Hbond substituents is 2. The summed E-state index contributed by atoms with van der Waals surface area (Å²) in [5.74, 6) is -2.33. The Kier molecular flexibility index (Phi) is 5.94. The van der Waals surface area contributed by atoms with Gasteiger partial charge in [0.2, 0.25) is 0 Å². The van der Waals surface area contributed by atoms with E-state index in [0.29, 0.717) is 0 Å². The minimum atomic E-state index is -1.59. The van der Waals surface area contributed by atoms with E-state index in [1.54, 1.807) is 19.1 Å². The van der Waals surface area contributed by atoms with E-state index in [4.69, 9.17) is 19.9 Å². The number of methoxy groups -OCH3 is 1. The van der Waals surface area contributed by atoms with Crippen LogP contribution in [0.25, 0.3) is 0 Å². The molecule has 36 heavy (non-hydrogen) atoms. The van der Waals surface area contributed by atoms with E-state index >= 15 is 0 Å². The number of aliphatic hydroxyl groups excluding tert-OH is 1. The first-order valence-corrected chi connectivity index (χ1v) is 11.8. The molecule has 0 aromatic heterocycles. The van der Waals surface area contributed by atoms with Gasteiger partial charge < -0.3 is 40.4 Å². The molecular formula is C26H29NO9. The minimum Gasteiger partial charge on any atom is -0.507 e. The summed E-state index contributed by atoms with van der Waals surface area (Å²) in [5.41, 5.74) is 3.96. The minimum absolute atomic E-state index is 0.0288. The number of hydrogen-bond acceptors (Lipinski definition) is 10. The van der Waals surface area contributed by atoms with Crippen molar-refractivity contribution >= 4 is 11.6 Å². The van der Waals surface area contributed by atoms with E-state index in [0.717, 1.165) is 0 Å². The highest BCUT2D eigenvalue weighted by Gasteiger charge is 2.50. The summed E-state index contributed by atoms with van der Waals surface area (Å²) >= 11 is 0. The Morgan fingerprint density at radius 1 is 1.06 bits per heavy atom. The fourth-order valence-electron chi connectivity index (χ4n) is 5.68. The number of aromatic hydroxyl groups is 2. The Morgan fingerprint density at radius 2 is 1.61 bits per heavy atom. The lowest BCUT2D eigenvalue weighted by Crippen LogP contribution is -2.52. The number of phenols is 2. The highest BCUT2D eigenvalue weighted by atomic mass is 16.7. The summed E-state index contributed by atoms with van der Waals surface area (Å²) in [6, 6.07) is 5.53. The van der Waals surface area contributed by atoms with Crippen LogP contribution in [0.2, 0.25) is 0 Å². The van der Waals surface area contributed by atoms with Gasteiger partial charge in [-0.3, -0.25) is 9.59 Å². The average molecular weight is 500 g/mol. The molecule has 2 aromatic rings. The van der Waals surface area contributed by atoms with Crippen LogP contribution in [0.15, 0.2) is 24.3 Å². The molecule has 1 unspecified atom stereocenters. The van der Waals surface area contributed by atoms with Gasteiger partial charge in [0.05, 0.1) is 35.0 Å². The van der Waals surface area contributed by atoms with Gasteiger partial charge in [0.15, 0.2) is 17.9 Å². The Morgan fingerprint density at radius 3 is 2.14 bits per heavy atom. The number of ether oxygens (including phenoxy) is 3. The Labute approximate surface area is 207 Å². The summed E-state index contributed by atoms with van der Waals surface area (Å²) in [6.45, 7) is 3.13. The Hall–Kier alpha value is -2.86. The monoisotopic (exact) mass is 499 g/mol. The van der Waals surface area contributed by atoms with Crippen LogP contribution < -0.4 is 5.73 Å². The molecule has 2 aromatic carbocycles. The molecule has 10 nitrogen and oxygen atoms in total. The van der Waals surface area contributed by atoms with Gasteiger partial charge in [-0.25, -0.2) is 0 Å². The zero-order chi connectivity index (χ0) is 26.1. The molecule has 5 rings (SSSR count). The molecule has 3 aliphatic rings. The summed E-state index contributed by atoms with van der Waals surface area (Å²) in [6.07, 6.45) is -4.57. The number of ketones is 2. The van der Waals surface area contributed by atoms with Crippen molar-refractivity contribution in [1.82, 2.24) is 0 Å². The lowest BCUT2D eigenvalue weighted by molar-refractivity contribution is -0.252. The first-order chi connectivity index (χ1) is 17.0. The predicted molar refractivity (Wildman–Crippen MR) is 125 cm³/mol. The first-order valence-electron chi connectivity index (χ1n) is 11.8. The van der Waals surface area contributed by atoms with Crippen LogP contribution in [0.3, 0.4) is 0 Å². The predicted octanol–water partition coefficient (Wildman–Crippen LogP) is 1.60. The second kappa shape index (κ2) is 8.62. The molecule has 0 bridgehead atoms. The lowest BCUT2D eigenvalue weighted by atomic mass is 9.72. The molecule has 2 aliphatic carbocycles. The van der Waals surface area contributed by atoms with E-state index in [1.807, 2.05) is 0 Å². The van der Waals surface area contributed by atoms with Crippen molar-refractivity contribution in [2.75, 3.05) is 7.11 Å². The van der Waals surface area contributed by atoms with Crippen molar-refractivity contribution in [1.29, 1.82) is 0 Å². The summed E-state index contributed by atoms with van der Waals surface area (Å²) in [7, 11) is 1.33. The topological polar surface area (TPSA) is 169 Å². The number of hydrogen-bond donors (Lipinski definition) is 5. The van der Waals surface area contributed by atoms with E-state index < -0.39 is 65.4 Å². The van der Waals surface area contributed by atoms with Crippen LogP contribution in [0.1, 0.15) is 81.9 Å². The van der Waals surface area contributed by atoms with E-state index in [1.165, 1.54) is 26.2 Å². The number of carbonyl (C=O) groups excluding carboxylic acids is 2. The van der Waals surface area contributed by atoms with Crippen LogP contribution in [0, 0.1) is 0 Å². The van der Waals surface area contributed by atoms with Crippen molar-refractivity contribution in [3.05, 3.63) is 57.6 Å². The molecule has 0 saturated carbocycles. The zero-order valence-electron chi connectivity index (χ0n) is 20.1. The fourth-order valence-corrected chi connectivity index (χ4v) is 5.68. The largest absolute Gasteiger partial charge is 0.507 e. The molecule has 10 heteroatoms. The molecule has 1 fully saturated rings. The van der Waals surface area contributed by atoms with Gasteiger partial charge in [-0.2, -0.15) is 0 Å². The molecular weight excluding hydrogens is 470 g/mol. The number of rotatable bonds is 3. The van der Waals surface area contributed by atoms with E-state index in [9.17, 15) is 30.0 Å². The van der Waals surface area contributed by atoms with Crippen molar-refractivity contribution in [2.45, 2.75) is 69.0 Å². The van der Waals surface area contributed by atoms with Gasteiger partial charge in [0.1, 0.15) is 17.6 Å². The van der Waals surface area contributed by atoms with Crippen molar-refractivity contribution < 1.29 is 44.2 Å². The van der Waals surface area contributed by atoms with Gasteiger partial charge >= 0.3 is 0 Å². The zero-order valence-corrected chi connectivity index (χ0v) is 20.1. The number of benzene rings is 2. The smallest absolute Gasteiger partial charge is 0.198 e. The molecule has 192 valence electrons. The van der Waals surface area contributed by atoms with E-state index in [2.05, 4.69) is 0 Å². The molecule has 0 spiro atoms. The molecule has 0 radical (unpaired) electrons. The maximum absolute atomic E-state index is 13.4. The second-order valence-electron chi connectivity index (χ2n) is 9.94. The summed E-state index contributed by atoms with van der Waals surface area (Å²) in [5, 5.41) is 44.2. The SMILES string of the molecule is CO[C@@H]1c2c(O)c3c(c(O)c2[C@@H](OC2C[C@H](N)[C@H](O)[C@H](C)O2)C[C@@]1(C)O)C(=O)c1ccccc1C3=O. The number of carbonyl (C=O) groups is 2. The first kappa shape index (κ1) is 24.8. The number of nitrogens with two attached hydrogens (primary N) is 1. The summed E-state index contributed by atoms with van der Waals surface area (Å²) < 4.78 is 17.4. The molecule has 6 N–H and O–H groups in total. The van der Waals surface area contributed by atoms with Gasteiger partial charge in [-0.05, 0) is 13.8 Å². The van der Waals surface area contributed by atoms with Crippen molar-refractivity contribution in [3.63, 3.8) is 0 Å². The lowest BCUT2D eigenvalue weighted by Gasteiger charge is -2.44. The van der Waals surface area contributed by atoms with Crippen LogP contribution in [0.5, 0.6) is 11.5 Å². The van der Waals surface area contributed by atoms with Crippen LogP contribution >= 0.6 is 0 Å². The third kappa shape index (κ3) is 3.56. The van der Waals surface area contributed by atoms with Gasteiger partial charge in [0, 0.05) is 48.2 Å². The second-order valence-corrected chi connectivity index (χ2v) is 9.94. The highest BCUT2D eigenvalue weighted by Crippen LogP contribution is 2.56.